The molecule has 2 nitrogen and oxygen atoms in total. The molecule has 0 heterocycles. The molecule has 1 saturated carbocycles. The fourth-order valence-electron chi connectivity index (χ4n) is 1.88. The molecule has 4 heteroatoms. The summed E-state index contributed by atoms with van der Waals surface area (Å²) >= 11 is 5.65. The minimum atomic E-state index is -0.661. The van der Waals surface area contributed by atoms with Crippen molar-refractivity contribution in [3.63, 3.8) is 0 Å². The second-order valence-corrected chi connectivity index (χ2v) is 4.20. The van der Waals surface area contributed by atoms with E-state index in [0.717, 1.165) is 0 Å². The predicted molar refractivity (Wildman–Crippen MR) is 53.9 cm³/mol. The molecule has 0 aliphatic heterocycles. The molecule has 0 radical (unpaired) electrons. The molecule has 1 N–H and O–H groups in total. The maximum atomic E-state index is 12.9. The summed E-state index contributed by atoms with van der Waals surface area (Å²) in [6.45, 7) is -0.0252. The third kappa shape index (κ3) is 1.50. The van der Waals surface area contributed by atoms with Crippen LogP contribution in [0.1, 0.15) is 12.0 Å². The van der Waals surface area contributed by atoms with Crippen LogP contribution in [0.25, 0.3) is 0 Å². The van der Waals surface area contributed by atoms with Gasteiger partial charge in [-0.05, 0) is 24.1 Å². The zero-order valence-electron chi connectivity index (χ0n) is 7.87. The Morgan fingerprint density at radius 3 is 2.87 bits per heavy atom. The monoisotopic (exact) mass is 225 g/mol. The van der Waals surface area contributed by atoms with Crippen LogP contribution < -0.4 is 0 Å². The molecule has 15 heavy (non-hydrogen) atoms. The number of nitriles is 1. The maximum absolute atomic E-state index is 12.9. The second kappa shape index (κ2) is 3.48. The number of nitrogens with zero attached hydrogens (tertiary/aromatic N) is 1. The highest BCUT2D eigenvalue weighted by atomic mass is 35.5. The van der Waals surface area contributed by atoms with Crippen molar-refractivity contribution in [2.45, 2.75) is 11.8 Å². The SMILES string of the molecule is N#CC1(c2ccc(F)c(Cl)c2)C[C@@H]1CO. The summed E-state index contributed by atoms with van der Waals surface area (Å²) < 4.78 is 12.9. The van der Waals surface area contributed by atoms with Crippen molar-refractivity contribution in [3.8, 4) is 6.07 Å². The van der Waals surface area contributed by atoms with Gasteiger partial charge in [0.1, 0.15) is 5.82 Å². The van der Waals surface area contributed by atoms with Crippen molar-refractivity contribution in [2.75, 3.05) is 6.61 Å². The second-order valence-electron chi connectivity index (χ2n) is 3.80. The molecule has 0 saturated heterocycles. The van der Waals surface area contributed by atoms with Crippen LogP contribution in [-0.4, -0.2) is 11.7 Å². The first-order chi connectivity index (χ1) is 7.14. The normalized spacial score (nSPS) is 28.5. The number of rotatable bonds is 2. The average molecular weight is 226 g/mol. The van der Waals surface area contributed by atoms with Crippen LogP contribution in [0.4, 0.5) is 4.39 Å². The van der Waals surface area contributed by atoms with Gasteiger partial charge in [0.05, 0.1) is 16.5 Å². The van der Waals surface area contributed by atoms with Crippen molar-refractivity contribution >= 4 is 11.6 Å². The van der Waals surface area contributed by atoms with Gasteiger partial charge >= 0.3 is 0 Å². The average Bonchev–Trinajstić information content (AvgIpc) is 2.97. The Bertz CT molecular complexity index is 443. The molecule has 1 fully saturated rings. The number of hydrogen-bond acceptors (Lipinski definition) is 2. The molecule has 0 amide bonds. The van der Waals surface area contributed by atoms with E-state index in [1.165, 1.54) is 12.1 Å². The molecule has 1 unspecified atom stereocenters. The zero-order chi connectivity index (χ0) is 11.1. The molecular weight excluding hydrogens is 217 g/mol. The minimum Gasteiger partial charge on any atom is -0.396 e. The van der Waals surface area contributed by atoms with Gasteiger partial charge in [-0.2, -0.15) is 5.26 Å². The summed E-state index contributed by atoms with van der Waals surface area (Å²) in [5.41, 5.74) is 0.0296. The number of benzene rings is 1. The van der Waals surface area contributed by atoms with E-state index in [2.05, 4.69) is 6.07 Å². The van der Waals surface area contributed by atoms with Crippen LogP contribution >= 0.6 is 11.6 Å². The van der Waals surface area contributed by atoms with Crippen molar-refractivity contribution in [1.82, 2.24) is 0 Å². The Labute approximate surface area is 91.9 Å². The summed E-state index contributed by atoms with van der Waals surface area (Å²) in [6, 6.07) is 6.45. The molecule has 1 aromatic carbocycles. The molecule has 1 aromatic rings. The van der Waals surface area contributed by atoms with Gasteiger partial charge in [-0.1, -0.05) is 17.7 Å². The lowest BCUT2D eigenvalue weighted by Crippen LogP contribution is -2.09. The van der Waals surface area contributed by atoms with Crippen LogP contribution in [-0.2, 0) is 5.41 Å². The molecule has 1 aliphatic carbocycles. The van der Waals surface area contributed by atoms with Crippen molar-refractivity contribution < 1.29 is 9.50 Å². The van der Waals surface area contributed by atoms with E-state index in [0.29, 0.717) is 12.0 Å². The highest BCUT2D eigenvalue weighted by Gasteiger charge is 2.55. The Morgan fingerprint density at radius 1 is 1.67 bits per heavy atom. The molecule has 1 aliphatic rings. The Balaban J connectivity index is 2.39. The van der Waals surface area contributed by atoms with Gasteiger partial charge in [-0.3, -0.25) is 0 Å². The van der Waals surface area contributed by atoms with Gasteiger partial charge in [0.2, 0.25) is 0 Å². The smallest absolute Gasteiger partial charge is 0.141 e. The molecule has 2 atom stereocenters. The third-order valence-corrected chi connectivity index (χ3v) is 3.25. The van der Waals surface area contributed by atoms with E-state index in [1.807, 2.05) is 0 Å². The van der Waals surface area contributed by atoms with Gasteiger partial charge in [-0.25, -0.2) is 4.39 Å². The van der Waals surface area contributed by atoms with E-state index >= 15 is 0 Å². The topological polar surface area (TPSA) is 44.0 Å². The molecular formula is C11H9ClFNO. The molecule has 2 rings (SSSR count). The third-order valence-electron chi connectivity index (χ3n) is 2.96. The van der Waals surface area contributed by atoms with Crippen molar-refractivity contribution in [1.29, 1.82) is 5.26 Å². The zero-order valence-corrected chi connectivity index (χ0v) is 8.63. The number of aliphatic hydroxyl groups is 1. The lowest BCUT2D eigenvalue weighted by atomic mass is 9.95. The quantitative estimate of drug-likeness (QED) is 0.839. The summed E-state index contributed by atoms with van der Waals surface area (Å²) in [5, 5.41) is 18.1. The Hall–Kier alpha value is -1.11. The van der Waals surface area contributed by atoms with Crippen molar-refractivity contribution in [2.24, 2.45) is 5.92 Å². The standard InChI is InChI=1S/C11H9ClFNO/c12-9-3-7(1-2-10(9)13)11(6-14)4-8(11)5-15/h1-3,8,15H,4-5H2/t8-,11?/m1/s1. The van der Waals surface area contributed by atoms with Gasteiger partial charge in [0.15, 0.2) is 0 Å². The molecule has 78 valence electrons. The van der Waals surface area contributed by atoms with Crippen LogP contribution in [0.2, 0.25) is 5.02 Å². The van der Waals surface area contributed by atoms with Crippen LogP contribution in [0.5, 0.6) is 0 Å². The molecule has 0 aromatic heterocycles. The van der Waals surface area contributed by atoms with Gasteiger partial charge in [0.25, 0.3) is 0 Å². The summed E-state index contributed by atoms with van der Waals surface area (Å²) in [5.74, 6) is -0.543. The van der Waals surface area contributed by atoms with Crippen LogP contribution in [0.15, 0.2) is 18.2 Å². The lowest BCUT2D eigenvalue weighted by molar-refractivity contribution is 0.269. The number of halogens is 2. The van der Waals surface area contributed by atoms with Crippen LogP contribution in [0.3, 0.4) is 0 Å². The molecule has 0 bridgehead atoms. The van der Waals surface area contributed by atoms with Crippen LogP contribution in [0, 0.1) is 23.1 Å². The molecule has 0 spiro atoms. The van der Waals surface area contributed by atoms with E-state index < -0.39 is 11.2 Å². The first-order valence-corrected chi connectivity index (χ1v) is 4.99. The largest absolute Gasteiger partial charge is 0.396 e. The highest BCUT2D eigenvalue weighted by Crippen LogP contribution is 2.53. The summed E-state index contributed by atoms with van der Waals surface area (Å²) in [4.78, 5) is 0. The van der Waals surface area contributed by atoms with Crippen molar-refractivity contribution in [3.05, 3.63) is 34.6 Å². The van der Waals surface area contributed by atoms with E-state index in [9.17, 15) is 4.39 Å². The fourth-order valence-corrected chi connectivity index (χ4v) is 2.06. The van der Waals surface area contributed by atoms with E-state index in [4.69, 9.17) is 22.0 Å². The summed E-state index contributed by atoms with van der Waals surface area (Å²) in [6.07, 6.45) is 0.613. The fraction of sp³-hybridized carbons (Fsp3) is 0.364. The first kappa shape index (κ1) is 10.4. The maximum Gasteiger partial charge on any atom is 0.141 e. The van der Waals surface area contributed by atoms with Gasteiger partial charge in [-0.15, -0.1) is 0 Å². The van der Waals surface area contributed by atoms with Gasteiger partial charge in [0, 0.05) is 12.5 Å². The van der Waals surface area contributed by atoms with E-state index in [-0.39, 0.29) is 17.5 Å². The predicted octanol–water partition coefficient (Wildman–Crippen LogP) is 2.25. The van der Waals surface area contributed by atoms with E-state index in [1.54, 1.807) is 6.07 Å². The minimum absolute atomic E-state index is 0.0192. The Morgan fingerprint density at radius 2 is 2.40 bits per heavy atom. The highest BCUT2D eigenvalue weighted by molar-refractivity contribution is 6.30. The van der Waals surface area contributed by atoms with Gasteiger partial charge < -0.3 is 5.11 Å². The lowest BCUT2D eigenvalue weighted by Gasteiger charge is -2.08. The summed E-state index contributed by atoms with van der Waals surface area (Å²) in [7, 11) is 0. The Kier molecular flexibility index (Phi) is 2.41. The first-order valence-electron chi connectivity index (χ1n) is 4.61. The number of aliphatic hydroxyl groups excluding tert-OH is 1. The number of hydrogen-bond donors (Lipinski definition) is 1.